The van der Waals surface area contributed by atoms with Crippen molar-refractivity contribution in [2.24, 2.45) is 0 Å². The molecule has 1 N–H and O–H groups in total. The van der Waals surface area contributed by atoms with Crippen molar-refractivity contribution in [3.05, 3.63) is 28.4 Å². The standard InChI is InChI=1S/C10H4BrN3/c11-7-3-4-8-9(2-1-5-12)13-14-10(8)6-7/h3-4,6H,(H,13,14). The quantitative estimate of drug-likeness (QED) is 0.724. The molecule has 0 aliphatic carbocycles. The summed E-state index contributed by atoms with van der Waals surface area (Å²) in [7, 11) is 0. The number of H-pyrrole nitrogens is 1. The molecule has 3 nitrogen and oxygen atoms in total. The lowest BCUT2D eigenvalue weighted by Gasteiger charge is -1.88. The van der Waals surface area contributed by atoms with Crippen molar-refractivity contribution < 1.29 is 0 Å². The molecule has 1 aromatic heterocycles. The number of nitriles is 1. The van der Waals surface area contributed by atoms with Gasteiger partial charge in [0, 0.05) is 15.8 Å². The second-order valence-electron chi connectivity index (χ2n) is 2.62. The summed E-state index contributed by atoms with van der Waals surface area (Å²) in [5, 5.41) is 16.1. The third-order valence-corrected chi connectivity index (χ3v) is 2.25. The third kappa shape index (κ3) is 1.48. The van der Waals surface area contributed by atoms with Crippen LogP contribution in [-0.2, 0) is 0 Å². The van der Waals surface area contributed by atoms with Crippen molar-refractivity contribution >= 4 is 26.8 Å². The zero-order chi connectivity index (χ0) is 9.97. The Morgan fingerprint density at radius 2 is 2.29 bits per heavy atom. The Hall–Kier alpha value is -1.78. The number of aromatic nitrogens is 2. The van der Waals surface area contributed by atoms with Gasteiger partial charge in [-0.25, -0.2) is 0 Å². The summed E-state index contributed by atoms with van der Waals surface area (Å²) in [4.78, 5) is 0. The van der Waals surface area contributed by atoms with Crippen LogP contribution in [-0.4, -0.2) is 10.2 Å². The normalized spacial score (nSPS) is 9.14. The first-order valence-electron chi connectivity index (χ1n) is 3.85. The van der Waals surface area contributed by atoms with Gasteiger partial charge in [0.15, 0.2) is 6.07 Å². The molecule has 0 amide bonds. The fourth-order valence-electron chi connectivity index (χ4n) is 1.17. The first-order chi connectivity index (χ1) is 6.81. The van der Waals surface area contributed by atoms with E-state index in [-0.39, 0.29) is 0 Å². The third-order valence-electron chi connectivity index (χ3n) is 1.76. The van der Waals surface area contributed by atoms with E-state index >= 15 is 0 Å². The lowest BCUT2D eigenvalue weighted by atomic mass is 10.2. The molecule has 2 aromatic rings. The molecular formula is C10H4BrN3. The molecule has 14 heavy (non-hydrogen) atoms. The predicted octanol–water partition coefficient (Wildman–Crippen LogP) is 2.20. The predicted molar refractivity (Wildman–Crippen MR) is 56.3 cm³/mol. The fraction of sp³-hybridized carbons (Fsp3) is 0. The van der Waals surface area contributed by atoms with Crippen molar-refractivity contribution in [2.75, 3.05) is 0 Å². The van der Waals surface area contributed by atoms with E-state index in [1.54, 1.807) is 6.07 Å². The van der Waals surface area contributed by atoms with Crippen LogP contribution in [0.15, 0.2) is 22.7 Å². The minimum atomic E-state index is 0.675. The second kappa shape index (κ2) is 3.53. The molecule has 0 bridgehead atoms. The summed E-state index contributed by atoms with van der Waals surface area (Å²) in [6, 6.07) is 7.48. The van der Waals surface area contributed by atoms with Gasteiger partial charge in [0.05, 0.1) is 5.52 Å². The second-order valence-corrected chi connectivity index (χ2v) is 3.54. The molecule has 0 spiro atoms. The van der Waals surface area contributed by atoms with Crippen molar-refractivity contribution in [1.82, 2.24) is 10.2 Å². The first kappa shape index (κ1) is 8.80. The van der Waals surface area contributed by atoms with Gasteiger partial charge in [0.2, 0.25) is 0 Å². The van der Waals surface area contributed by atoms with Crippen molar-refractivity contribution in [3.8, 4) is 17.9 Å². The first-order valence-corrected chi connectivity index (χ1v) is 4.64. The lowest BCUT2D eigenvalue weighted by molar-refractivity contribution is 1.10. The molecule has 0 saturated carbocycles. The van der Waals surface area contributed by atoms with E-state index in [2.05, 4.69) is 38.0 Å². The van der Waals surface area contributed by atoms with Crippen LogP contribution < -0.4 is 0 Å². The van der Waals surface area contributed by atoms with Gasteiger partial charge in [-0.3, -0.25) is 5.10 Å². The molecule has 0 radical (unpaired) electrons. The number of nitrogens with one attached hydrogen (secondary N) is 1. The highest BCUT2D eigenvalue weighted by Crippen LogP contribution is 2.19. The fourth-order valence-corrected chi connectivity index (χ4v) is 1.52. The molecule has 4 heteroatoms. The summed E-state index contributed by atoms with van der Waals surface area (Å²) in [6.07, 6.45) is 0. The van der Waals surface area contributed by atoms with Gasteiger partial charge >= 0.3 is 0 Å². The zero-order valence-corrected chi connectivity index (χ0v) is 8.59. The Labute approximate surface area is 88.9 Å². The van der Waals surface area contributed by atoms with E-state index < -0.39 is 0 Å². The van der Waals surface area contributed by atoms with Crippen LogP contribution in [0.25, 0.3) is 10.9 Å². The van der Waals surface area contributed by atoms with Gasteiger partial charge in [-0.2, -0.15) is 10.4 Å². The highest BCUT2D eigenvalue weighted by Gasteiger charge is 2.02. The molecule has 0 fully saturated rings. The van der Waals surface area contributed by atoms with Gasteiger partial charge in [-0.05, 0) is 24.1 Å². The molecule has 0 aliphatic rings. The molecule has 2 rings (SSSR count). The summed E-state index contributed by atoms with van der Waals surface area (Å²) in [5.74, 6) is 5.02. The average Bonchev–Trinajstić information content (AvgIpc) is 2.57. The largest absolute Gasteiger partial charge is 0.269 e. The van der Waals surface area contributed by atoms with Crippen LogP contribution in [0, 0.1) is 23.2 Å². The molecular weight excluding hydrogens is 242 g/mol. The van der Waals surface area contributed by atoms with Crippen LogP contribution in [0.3, 0.4) is 0 Å². The van der Waals surface area contributed by atoms with Gasteiger partial charge in [0.25, 0.3) is 0 Å². The van der Waals surface area contributed by atoms with E-state index in [4.69, 9.17) is 5.26 Å². The Morgan fingerprint density at radius 3 is 3.07 bits per heavy atom. The number of benzene rings is 1. The Morgan fingerprint density at radius 1 is 1.43 bits per heavy atom. The Kier molecular flexibility index (Phi) is 2.22. The summed E-state index contributed by atoms with van der Waals surface area (Å²) < 4.78 is 0.969. The van der Waals surface area contributed by atoms with E-state index in [1.807, 2.05) is 18.2 Å². The van der Waals surface area contributed by atoms with Gasteiger partial charge in [-0.15, -0.1) is 0 Å². The van der Waals surface area contributed by atoms with E-state index in [1.165, 1.54) is 0 Å². The number of nitrogens with zero attached hydrogens (tertiary/aromatic N) is 2. The molecule has 66 valence electrons. The van der Waals surface area contributed by atoms with Gasteiger partial charge in [-0.1, -0.05) is 15.9 Å². The number of hydrogen-bond donors (Lipinski definition) is 1. The van der Waals surface area contributed by atoms with Crippen molar-refractivity contribution in [2.45, 2.75) is 0 Å². The van der Waals surface area contributed by atoms with Crippen LogP contribution in [0.4, 0.5) is 0 Å². The number of aromatic amines is 1. The van der Waals surface area contributed by atoms with Crippen LogP contribution in [0.5, 0.6) is 0 Å². The minimum Gasteiger partial charge on any atom is -0.269 e. The molecule has 0 unspecified atom stereocenters. The average molecular weight is 246 g/mol. The minimum absolute atomic E-state index is 0.675. The maximum absolute atomic E-state index is 8.32. The van der Waals surface area contributed by atoms with E-state index in [0.717, 1.165) is 15.4 Å². The number of hydrogen-bond acceptors (Lipinski definition) is 2. The zero-order valence-electron chi connectivity index (χ0n) is 7.00. The summed E-state index contributed by atoms with van der Waals surface area (Å²) in [6.45, 7) is 0. The summed E-state index contributed by atoms with van der Waals surface area (Å²) >= 11 is 3.35. The topological polar surface area (TPSA) is 52.5 Å². The van der Waals surface area contributed by atoms with Crippen LogP contribution in [0.2, 0.25) is 0 Å². The van der Waals surface area contributed by atoms with Crippen molar-refractivity contribution in [3.63, 3.8) is 0 Å². The Bertz CT molecular complexity index is 581. The van der Waals surface area contributed by atoms with E-state index in [0.29, 0.717) is 5.69 Å². The Balaban J connectivity index is 2.65. The van der Waals surface area contributed by atoms with Crippen molar-refractivity contribution in [1.29, 1.82) is 5.26 Å². The molecule has 0 atom stereocenters. The lowest BCUT2D eigenvalue weighted by Crippen LogP contribution is -1.73. The molecule has 1 aromatic carbocycles. The number of rotatable bonds is 0. The van der Waals surface area contributed by atoms with Gasteiger partial charge < -0.3 is 0 Å². The number of halogens is 1. The molecule has 0 saturated heterocycles. The van der Waals surface area contributed by atoms with Gasteiger partial charge in [0.1, 0.15) is 5.69 Å². The van der Waals surface area contributed by atoms with E-state index in [9.17, 15) is 0 Å². The maximum Gasteiger partial charge on any atom is 0.152 e. The molecule has 1 heterocycles. The highest BCUT2D eigenvalue weighted by molar-refractivity contribution is 9.10. The molecule has 0 aliphatic heterocycles. The monoisotopic (exact) mass is 245 g/mol. The SMILES string of the molecule is N#CC#Cc1[nH]nc2cc(Br)ccc12. The van der Waals surface area contributed by atoms with Crippen LogP contribution >= 0.6 is 15.9 Å². The number of fused-ring (bicyclic) bond motifs is 1. The smallest absolute Gasteiger partial charge is 0.152 e. The van der Waals surface area contributed by atoms with Crippen LogP contribution in [0.1, 0.15) is 5.69 Å². The summed E-state index contributed by atoms with van der Waals surface area (Å²) in [5.41, 5.74) is 1.51. The maximum atomic E-state index is 8.32. The highest BCUT2D eigenvalue weighted by atomic mass is 79.9.